The Bertz CT molecular complexity index is 1080. The number of carbonyl (C=O) groups is 4. The molecule has 166 valence electrons. The zero-order valence-corrected chi connectivity index (χ0v) is 18.1. The van der Waals surface area contributed by atoms with Gasteiger partial charge in [0.1, 0.15) is 12.1 Å². The third-order valence-electron chi connectivity index (χ3n) is 5.77. The Balaban J connectivity index is 1.38. The molecule has 1 aliphatic heterocycles. The second-order valence-electron chi connectivity index (χ2n) is 8.66. The fourth-order valence-electron chi connectivity index (χ4n) is 4.30. The Kier molecular flexibility index (Phi) is 5.69. The molecule has 0 saturated carbocycles. The third-order valence-corrected chi connectivity index (χ3v) is 5.77. The van der Waals surface area contributed by atoms with Gasteiger partial charge in [0, 0.05) is 17.8 Å². The summed E-state index contributed by atoms with van der Waals surface area (Å²) < 4.78 is 0. The molecule has 32 heavy (non-hydrogen) atoms. The zero-order chi connectivity index (χ0) is 22.9. The van der Waals surface area contributed by atoms with Gasteiger partial charge in [-0.3, -0.25) is 19.3 Å². The second-order valence-corrected chi connectivity index (χ2v) is 8.66. The summed E-state index contributed by atoms with van der Waals surface area (Å²) in [4.78, 5) is 51.1. The number of nitrogens with zero attached hydrogens (tertiary/aromatic N) is 1. The summed E-state index contributed by atoms with van der Waals surface area (Å²) in [5.41, 5.74) is 1.89. The summed E-state index contributed by atoms with van der Waals surface area (Å²) in [7, 11) is 0. The molecule has 3 N–H and O–H groups in total. The lowest BCUT2D eigenvalue weighted by molar-refractivity contribution is -0.134. The van der Waals surface area contributed by atoms with Gasteiger partial charge in [-0.05, 0) is 54.2 Å². The normalized spacial score (nSPS) is 19.3. The summed E-state index contributed by atoms with van der Waals surface area (Å²) >= 11 is 0. The van der Waals surface area contributed by atoms with Crippen molar-refractivity contribution < 1.29 is 19.2 Å². The van der Waals surface area contributed by atoms with Crippen molar-refractivity contribution in [3.63, 3.8) is 0 Å². The van der Waals surface area contributed by atoms with Crippen LogP contribution in [0.1, 0.15) is 37.8 Å². The highest BCUT2D eigenvalue weighted by Gasteiger charge is 2.55. The van der Waals surface area contributed by atoms with Crippen LogP contribution in [0.4, 0.5) is 16.2 Å². The van der Waals surface area contributed by atoms with E-state index in [1.807, 2.05) is 38.1 Å². The molecule has 1 heterocycles. The standard InChI is InChI=1S/C24H26N4O4/c1-15(2)13-20(29)25-17-7-9-18(10-8-17)26-21(30)14-28-22(31)24(27-23(28)32)12-11-16-5-3-4-6-19(16)24/h3-10,15H,11-14H2,1-2H3,(H,25,29)(H,26,30)(H,27,32)/t24-/m0/s1. The highest BCUT2D eigenvalue weighted by molar-refractivity contribution is 6.11. The van der Waals surface area contributed by atoms with Crippen molar-refractivity contribution in [2.75, 3.05) is 17.2 Å². The van der Waals surface area contributed by atoms with Crippen LogP contribution in [-0.4, -0.2) is 35.2 Å². The molecule has 1 fully saturated rings. The van der Waals surface area contributed by atoms with Crippen LogP contribution in [0.25, 0.3) is 0 Å². The molecule has 0 bridgehead atoms. The van der Waals surface area contributed by atoms with Gasteiger partial charge in [-0.25, -0.2) is 4.79 Å². The van der Waals surface area contributed by atoms with Crippen LogP contribution in [0.15, 0.2) is 48.5 Å². The Labute approximate surface area is 186 Å². The summed E-state index contributed by atoms with van der Waals surface area (Å²) in [5, 5.41) is 8.31. The molecule has 2 aliphatic rings. The van der Waals surface area contributed by atoms with Crippen molar-refractivity contribution in [2.45, 2.75) is 38.6 Å². The molecule has 2 aromatic rings. The van der Waals surface area contributed by atoms with E-state index in [2.05, 4.69) is 16.0 Å². The van der Waals surface area contributed by atoms with E-state index >= 15 is 0 Å². The summed E-state index contributed by atoms with van der Waals surface area (Å²) in [5.74, 6) is -0.687. The molecule has 0 aromatic heterocycles. The number of rotatable bonds is 6. The van der Waals surface area contributed by atoms with Gasteiger partial charge in [0.15, 0.2) is 0 Å². The molecular formula is C24H26N4O4. The maximum Gasteiger partial charge on any atom is 0.325 e. The molecule has 1 saturated heterocycles. The average molecular weight is 434 g/mol. The maximum absolute atomic E-state index is 13.1. The largest absolute Gasteiger partial charge is 0.326 e. The van der Waals surface area contributed by atoms with Gasteiger partial charge in [0.25, 0.3) is 5.91 Å². The Morgan fingerprint density at radius 1 is 1.00 bits per heavy atom. The van der Waals surface area contributed by atoms with Crippen LogP contribution in [0.3, 0.4) is 0 Å². The molecule has 4 rings (SSSR count). The SMILES string of the molecule is CC(C)CC(=O)Nc1ccc(NC(=O)CN2C(=O)N[C@]3(CCc4ccccc43)C2=O)cc1. The van der Waals surface area contributed by atoms with Gasteiger partial charge >= 0.3 is 6.03 Å². The summed E-state index contributed by atoms with van der Waals surface area (Å²) in [6, 6.07) is 13.7. The fourth-order valence-corrected chi connectivity index (χ4v) is 4.30. The van der Waals surface area contributed by atoms with Gasteiger partial charge in [-0.2, -0.15) is 0 Å². The number of benzene rings is 2. The number of aryl methyl sites for hydroxylation is 1. The maximum atomic E-state index is 13.1. The van der Waals surface area contributed by atoms with Crippen LogP contribution in [-0.2, 0) is 26.3 Å². The highest BCUT2D eigenvalue weighted by Crippen LogP contribution is 2.41. The molecule has 5 amide bonds. The van der Waals surface area contributed by atoms with E-state index in [-0.39, 0.29) is 18.4 Å². The number of hydrogen-bond donors (Lipinski definition) is 3. The first kappa shape index (κ1) is 21.5. The lowest BCUT2D eigenvalue weighted by Crippen LogP contribution is -2.42. The van der Waals surface area contributed by atoms with Crippen molar-refractivity contribution in [3.8, 4) is 0 Å². The van der Waals surface area contributed by atoms with Crippen molar-refractivity contribution in [3.05, 3.63) is 59.7 Å². The topological polar surface area (TPSA) is 108 Å². The van der Waals surface area contributed by atoms with Gasteiger partial charge in [0.2, 0.25) is 11.8 Å². The zero-order valence-electron chi connectivity index (χ0n) is 18.1. The minimum absolute atomic E-state index is 0.0715. The van der Waals surface area contributed by atoms with Crippen LogP contribution in [0.5, 0.6) is 0 Å². The lowest BCUT2D eigenvalue weighted by atomic mass is 9.92. The smallest absolute Gasteiger partial charge is 0.325 e. The highest BCUT2D eigenvalue weighted by atomic mass is 16.2. The average Bonchev–Trinajstić information content (AvgIpc) is 3.22. The first-order chi connectivity index (χ1) is 15.3. The quantitative estimate of drug-likeness (QED) is 0.608. The van der Waals surface area contributed by atoms with Crippen molar-refractivity contribution >= 4 is 35.1 Å². The van der Waals surface area contributed by atoms with Gasteiger partial charge in [-0.15, -0.1) is 0 Å². The lowest BCUT2D eigenvalue weighted by Gasteiger charge is -2.22. The molecule has 1 atom stereocenters. The number of amides is 5. The van der Waals surface area contributed by atoms with E-state index in [0.717, 1.165) is 16.0 Å². The molecule has 0 unspecified atom stereocenters. The number of hydrogen-bond acceptors (Lipinski definition) is 4. The minimum Gasteiger partial charge on any atom is -0.326 e. The number of fused-ring (bicyclic) bond motifs is 2. The van der Waals surface area contributed by atoms with E-state index in [1.165, 1.54) is 0 Å². The van der Waals surface area contributed by atoms with E-state index < -0.39 is 23.4 Å². The number of imide groups is 1. The van der Waals surface area contributed by atoms with Crippen molar-refractivity contribution in [1.82, 2.24) is 10.2 Å². The van der Waals surface area contributed by atoms with E-state index in [4.69, 9.17) is 0 Å². The van der Waals surface area contributed by atoms with E-state index in [0.29, 0.717) is 30.6 Å². The first-order valence-electron chi connectivity index (χ1n) is 10.7. The predicted octanol–water partition coefficient (Wildman–Crippen LogP) is 3.00. The second kappa shape index (κ2) is 8.45. The molecule has 1 spiro atoms. The molecule has 8 nitrogen and oxygen atoms in total. The first-order valence-corrected chi connectivity index (χ1v) is 10.7. The summed E-state index contributed by atoms with van der Waals surface area (Å²) in [6.07, 6.45) is 1.61. The number of carbonyl (C=O) groups excluding carboxylic acids is 4. The van der Waals surface area contributed by atoms with Gasteiger partial charge < -0.3 is 16.0 Å². The van der Waals surface area contributed by atoms with Crippen molar-refractivity contribution in [1.29, 1.82) is 0 Å². The predicted molar refractivity (Wildman–Crippen MR) is 120 cm³/mol. The summed E-state index contributed by atoms with van der Waals surface area (Å²) in [6.45, 7) is 3.56. The van der Waals surface area contributed by atoms with Crippen LogP contribution in [0, 0.1) is 5.92 Å². The minimum atomic E-state index is -1.08. The monoisotopic (exact) mass is 434 g/mol. The molecule has 0 radical (unpaired) electrons. The molecule has 1 aliphatic carbocycles. The number of anilines is 2. The molecule has 2 aromatic carbocycles. The Morgan fingerprint density at radius 3 is 2.28 bits per heavy atom. The van der Waals surface area contributed by atoms with Crippen LogP contribution >= 0.6 is 0 Å². The number of urea groups is 1. The van der Waals surface area contributed by atoms with Crippen LogP contribution in [0.2, 0.25) is 0 Å². The van der Waals surface area contributed by atoms with Crippen LogP contribution < -0.4 is 16.0 Å². The number of nitrogens with one attached hydrogen (secondary N) is 3. The Hall–Kier alpha value is -3.68. The van der Waals surface area contributed by atoms with Gasteiger partial charge in [-0.1, -0.05) is 38.1 Å². The molecular weight excluding hydrogens is 408 g/mol. The van der Waals surface area contributed by atoms with E-state index in [1.54, 1.807) is 24.3 Å². The Morgan fingerprint density at radius 2 is 1.62 bits per heavy atom. The fraction of sp³-hybridized carbons (Fsp3) is 0.333. The van der Waals surface area contributed by atoms with E-state index in [9.17, 15) is 19.2 Å². The van der Waals surface area contributed by atoms with Gasteiger partial charge in [0.05, 0.1) is 0 Å². The molecule has 8 heteroatoms. The van der Waals surface area contributed by atoms with Crippen molar-refractivity contribution in [2.24, 2.45) is 5.92 Å². The third kappa shape index (κ3) is 4.08.